The highest BCUT2D eigenvalue weighted by Crippen LogP contribution is 2.32. The molecule has 0 bridgehead atoms. The van der Waals surface area contributed by atoms with Gasteiger partial charge in [0.25, 0.3) is 5.91 Å². The molecule has 1 amide bonds. The number of benzene rings is 2. The number of rotatable bonds is 3. The molecule has 0 aliphatic carbocycles. The first kappa shape index (κ1) is 18.8. The Labute approximate surface area is 160 Å². The highest BCUT2D eigenvalue weighted by Gasteiger charge is 2.28. The summed E-state index contributed by atoms with van der Waals surface area (Å²) >= 11 is 11.9. The number of hydrogen-bond acceptors (Lipinski definition) is 4. The van der Waals surface area contributed by atoms with Gasteiger partial charge in [0.05, 0.1) is 41.6 Å². The quantitative estimate of drug-likeness (QED) is 0.795. The van der Waals surface area contributed by atoms with Gasteiger partial charge in [0.2, 0.25) is 0 Å². The molecular weight excluding hydrogens is 382 g/mol. The van der Waals surface area contributed by atoms with Crippen molar-refractivity contribution in [3.05, 3.63) is 57.3 Å². The Morgan fingerprint density at radius 3 is 2.77 bits per heavy atom. The first-order valence-corrected chi connectivity index (χ1v) is 8.65. The zero-order valence-electron chi connectivity index (χ0n) is 14.0. The van der Waals surface area contributed by atoms with E-state index in [1.165, 1.54) is 31.4 Å². The van der Waals surface area contributed by atoms with Crippen molar-refractivity contribution >= 4 is 34.8 Å². The molecule has 0 spiro atoms. The Bertz CT molecular complexity index is 847. The van der Waals surface area contributed by atoms with Crippen molar-refractivity contribution in [2.24, 2.45) is 0 Å². The Balaban J connectivity index is 1.84. The molecule has 26 heavy (non-hydrogen) atoms. The van der Waals surface area contributed by atoms with Crippen LogP contribution in [0.4, 0.5) is 10.1 Å². The number of nitrogen functional groups attached to an aromatic ring is 1. The average molecular weight is 399 g/mol. The molecule has 1 fully saturated rings. The highest BCUT2D eigenvalue weighted by atomic mass is 35.5. The Morgan fingerprint density at radius 1 is 1.31 bits per heavy atom. The van der Waals surface area contributed by atoms with Crippen molar-refractivity contribution in [1.29, 1.82) is 0 Å². The second-order valence-electron chi connectivity index (χ2n) is 5.86. The fourth-order valence-electron chi connectivity index (χ4n) is 2.82. The minimum Gasteiger partial charge on any atom is -0.496 e. The molecule has 2 N–H and O–H groups in total. The lowest BCUT2D eigenvalue weighted by Gasteiger charge is -2.33. The Hall–Kier alpha value is -2.02. The molecule has 0 aromatic heterocycles. The van der Waals surface area contributed by atoms with E-state index in [0.717, 1.165) is 0 Å². The number of anilines is 1. The van der Waals surface area contributed by atoms with Crippen molar-refractivity contribution < 1.29 is 18.7 Å². The summed E-state index contributed by atoms with van der Waals surface area (Å²) in [5.74, 6) is -0.393. The largest absolute Gasteiger partial charge is 0.496 e. The number of halogens is 3. The van der Waals surface area contributed by atoms with Crippen molar-refractivity contribution in [3.8, 4) is 5.75 Å². The molecule has 1 atom stereocenters. The number of ether oxygens (including phenoxy) is 2. The molecule has 138 valence electrons. The molecule has 1 saturated heterocycles. The van der Waals surface area contributed by atoms with Gasteiger partial charge in [-0.05, 0) is 23.8 Å². The Morgan fingerprint density at radius 2 is 2.08 bits per heavy atom. The van der Waals surface area contributed by atoms with Crippen LogP contribution < -0.4 is 10.5 Å². The summed E-state index contributed by atoms with van der Waals surface area (Å²) in [7, 11) is 1.46. The third kappa shape index (κ3) is 3.72. The van der Waals surface area contributed by atoms with Crippen LogP contribution in [0.5, 0.6) is 5.75 Å². The first-order chi connectivity index (χ1) is 12.4. The fraction of sp³-hybridized carbons (Fsp3) is 0.278. The standard InChI is InChI=1S/C18H17Cl2FN2O3/c1-25-16-8-15(22)13(20)7-11(16)18(24)23-4-5-26-17(9-23)10-2-3-14(21)12(19)6-10/h2-3,6-8,17H,4-5,9,22H2,1H3. The molecule has 1 unspecified atom stereocenters. The van der Waals surface area contributed by atoms with Crippen LogP contribution in [0.2, 0.25) is 10.0 Å². The first-order valence-electron chi connectivity index (χ1n) is 7.89. The maximum atomic E-state index is 13.4. The third-order valence-corrected chi connectivity index (χ3v) is 4.84. The van der Waals surface area contributed by atoms with Crippen LogP contribution >= 0.6 is 23.2 Å². The second-order valence-corrected chi connectivity index (χ2v) is 6.67. The van der Waals surface area contributed by atoms with Gasteiger partial charge in [0.1, 0.15) is 17.7 Å². The van der Waals surface area contributed by atoms with E-state index in [-0.39, 0.29) is 16.0 Å². The van der Waals surface area contributed by atoms with Gasteiger partial charge in [0, 0.05) is 12.6 Å². The highest BCUT2D eigenvalue weighted by molar-refractivity contribution is 6.33. The van der Waals surface area contributed by atoms with Crippen LogP contribution in [0.3, 0.4) is 0 Å². The molecule has 5 nitrogen and oxygen atoms in total. The molecule has 0 saturated carbocycles. The fourth-order valence-corrected chi connectivity index (χ4v) is 3.18. The smallest absolute Gasteiger partial charge is 0.257 e. The van der Waals surface area contributed by atoms with Crippen molar-refractivity contribution in [1.82, 2.24) is 4.90 Å². The van der Waals surface area contributed by atoms with E-state index in [1.807, 2.05) is 0 Å². The summed E-state index contributed by atoms with van der Waals surface area (Å²) in [5, 5.41) is 0.297. The topological polar surface area (TPSA) is 64.8 Å². The number of carbonyl (C=O) groups excluding carboxylic acids is 1. The molecule has 0 radical (unpaired) electrons. The predicted molar refractivity (Wildman–Crippen MR) is 98.4 cm³/mol. The zero-order valence-corrected chi connectivity index (χ0v) is 15.5. The average Bonchev–Trinajstić information content (AvgIpc) is 2.65. The Kier molecular flexibility index (Phi) is 5.55. The molecule has 8 heteroatoms. The summed E-state index contributed by atoms with van der Waals surface area (Å²) in [6, 6.07) is 7.41. The summed E-state index contributed by atoms with van der Waals surface area (Å²) in [6.07, 6.45) is -0.402. The summed E-state index contributed by atoms with van der Waals surface area (Å²) in [4.78, 5) is 14.6. The van der Waals surface area contributed by atoms with Gasteiger partial charge in [-0.15, -0.1) is 0 Å². The molecule has 1 aliphatic rings. The number of nitrogens with zero attached hydrogens (tertiary/aromatic N) is 1. The lowest BCUT2D eigenvalue weighted by Crippen LogP contribution is -2.42. The number of amides is 1. The van der Waals surface area contributed by atoms with Gasteiger partial charge in [-0.3, -0.25) is 4.79 Å². The molecule has 1 aliphatic heterocycles. The molecule has 2 aromatic rings. The molecule has 3 rings (SSSR count). The van der Waals surface area contributed by atoms with Crippen LogP contribution in [-0.4, -0.2) is 37.6 Å². The van der Waals surface area contributed by atoms with Crippen LogP contribution in [0.25, 0.3) is 0 Å². The number of nitrogens with two attached hydrogens (primary N) is 1. The summed E-state index contributed by atoms with van der Waals surface area (Å²) in [5.41, 5.74) is 7.13. The van der Waals surface area contributed by atoms with E-state index < -0.39 is 11.9 Å². The van der Waals surface area contributed by atoms with Gasteiger partial charge in [-0.1, -0.05) is 29.3 Å². The lowest BCUT2D eigenvalue weighted by atomic mass is 10.1. The van der Waals surface area contributed by atoms with E-state index >= 15 is 0 Å². The van der Waals surface area contributed by atoms with Crippen LogP contribution in [0.1, 0.15) is 22.0 Å². The molecule has 2 aromatic carbocycles. The molecule has 1 heterocycles. The number of morpholine rings is 1. The van der Waals surface area contributed by atoms with Crippen molar-refractivity contribution in [3.63, 3.8) is 0 Å². The zero-order chi connectivity index (χ0) is 18.8. The minimum absolute atomic E-state index is 0.0153. The van der Waals surface area contributed by atoms with Gasteiger partial charge in [-0.2, -0.15) is 0 Å². The van der Waals surface area contributed by atoms with Crippen LogP contribution in [-0.2, 0) is 4.74 Å². The van der Waals surface area contributed by atoms with E-state index in [2.05, 4.69) is 0 Å². The number of carbonyl (C=O) groups is 1. The van der Waals surface area contributed by atoms with E-state index in [9.17, 15) is 9.18 Å². The second kappa shape index (κ2) is 7.70. The monoisotopic (exact) mass is 398 g/mol. The molecular formula is C18H17Cl2FN2O3. The predicted octanol–water partition coefficient (Wildman–Crippen LogP) is 3.94. The van der Waals surface area contributed by atoms with E-state index in [0.29, 0.717) is 42.3 Å². The van der Waals surface area contributed by atoms with E-state index in [4.69, 9.17) is 38.4 Å². The van der Waals surface area contributed by atoms with E-state index in [1.54, 1.807) is 11.0 Å². The van der Waals surface area contributed by atoms with Gasteiger partial charge < -0.3 is 20.1 Å². The summed E-state index contributed by atoms with van der Waals surface area (Å²) in [6.45, 7) is 1.05. The minimum atomic E-state index is -0.500. The van der Waals surface area contributed by atoms with Crippen molar-refractivity contribution in [2.75, 3.05) is 32.5 Å². The van der Waals surface area contributed by atoms with Gasteiger partial charge in [-0.25, -0.2) is 4.39 Å². The third-order valence-electron chi connectivity index (χ3n) is 4.22. The van der Waals surface area contributed by atoms with Crippen LogP contribution in [0.15, 0.2) is 30.3 Å². The summed E-state index contributed by atoms with van der Waals surface area (Å²) < 4.78 is 24.4. The normalized spacial score (nSPS) is 17.2. The SMILES string of the molecule is COc1cc(N)c(Cl)cc1C(=O)N1CCOC(c2ccc(F)c(Cl)c2)C1. The number of methoxy groups -OCH3 is 1. The van der Waals surface area contributed by atoms with Gasteiger partial charge in [0.15, 0.2) is 0 Å². The maximum absolute atomic E-state index is 13.4. The number of hydrogen-bond donors (Lipinski definition) is 1. The lowest BCUT2D eigenvalue weighted by molar-refractivity contribution is -0.0229. The van der Waals surface area contributed by atoms with Gasteiger partial charge >= 0.3 is 0 Å². The van der Waals surface area contributed by atoms with Crippen LogP contribution in [0, 0.1) is 5.82 Å². The van der Waals surface area contributed by atoms with Crippen molar-refractivity contribution in [2.45, 2.75) is 6.10 Å². The maximum Gasteiger partial charge on any atom is 0.257 e.